The second-order valence-electron chi connectivity index (χ2n) is 8.74. The molecule has 1 aromatic rings. The lowest BCUT2D eigenvalue weighted by molar-refractivity contribution is -0.122. The van der Waals surface area contributed by atoms with Gasteiger partial charge in [-0.2, -0.15) is 4.98 Å². The van der Waals surface area contributed by atoms with Gasteiger partial charge >= 0.3 is 0 Å². The number of aryl methyl sites for hydroxylation is 1. The Morgan fingerprint density at radius 3 is 2.55 bits per heavy atom. The average molecular weight is 406 g/mol. The smallest absolute Gasteiger partial charge is 0.227 e. The second-order valence-corrected chi connectivity index (χ2v) is 8.74. The molecular formula is C21H35N5O3. The molecule has 29 heavy (non-hydrogen) atoms. The Bertz CT molecular complexity index is 692. The maximum atomic E-state index is 12.2. The summed E-state index contributed by atoms with van der Waals surface area (Å²) >= 11 is 0. The van der Waals surface area contributed by atoms with E-state index in [4.69, 9.17) is 4.52 Å². The van der Waals surface area contributed by atoms with E-state index in [2.05, 4.69) is 39.6 Å². The molecule has 2 fully saturated rings. The van der Waals surface area contributed by atoms with E-state index >= 15 is 0 Å². The van der Waals surface area contributed by atoms with Gasteiger partial charge in [-0.25, -0.2) is 0 Å². The van der Waals surface area contributed by atoms with Gasteiger partial charge in [0.05, 0.1) is 0 Å². The zero-order valence-corrected chi connectivity index (χ0v) is 18.0. The van der Waals surface area contributed by atoms with Crippen LogP contribution < -0.4 is 10.6 Å². The van der Waals surface area contributed by atoms with Crippen molar-refractivity contribution in [2.24, 2.45) is 0 Å². The number of amides is 2. The third kappa shape index (κ3) is 6.01. The minimum Gasteiger partial charge on any atom is -0.355 e. The van der Waals surface area contributed by atoms with E-state index in [-0.39, 0.29) is 11.8 Å². The van der Waals surface area contributed by atoms with Crippen LogP contribution in [0, 0.1) is 0 Å². The lowest BCUT2D eigenvalue weighted by atomic mass is 9.89. The largest absolute Gasteiger partial charge is 0.355 e. The number of likely N-dealkylation sites (N-methyl/N-ethyl adjacent to an activating group) is 1. The number of hydrogen-bond acceptors (Lipinski definition) is 6. The molecule has 0 aromatic carbocycles. The molecule has 1 heterocycles. The van der Waals surface area contributed by atoms with Gasteiger partial charge in [-0.3, -0.25) is 14.5 Å². The van der Waals surface area contributed by atoms with Crippen LogP contribution in [0.4, 0.5) is 0 Å². The molecule has 2 saturated carbocycles. The summed E-state index contributed by atoms with van der Waals surface area (Å²) in [6.45, 7) is 4.31. The molecule has 2 N–H and O–H groups in total. The number of nitrogens with zero attached hydrogens (tertiary/aromatic N) is 3. The van der Waals surface area contributed by atoms with E-state index in [1.165, 1.54) is 19.8 Å². The summed E-state index contributed by atoms with van der Waals surface area (Å²) in [5.74, 6) is 0.909. The summed E-state index contributed by atoms with van der Waals surface area (Å²) in [5, 5.41) is 10.2. The van der Waals surface area contributed by atoms with Gasteiger partial charge in [0.2, 0.25) is 17.7 Å². The van der Waals surface area contributed by atoms with E-state index in [0.29, 0.717) is 43.2 Å². The monoisotopic (exact) mass is 405 g/mol. The van der Waals surface area contributed by atoms with E-state index < -0.39 is 5.54 Å². The normalized spacial score (nSPS) is 20.1. The minimum absolute atomic E-state index is 0.00756. The summed E-state index contributed by atoms with van der Waals surface area (Å²) in [7, 11) is 2.12. The number of rotatable bonds is 9. The first-order valence-corrected chi connectivity index (χ1v) is 11.0. The maximum Gasteiger partial charge on any atom is 0.227 e. The summed E-state index contributed by atoms with van der Waals surface area (Å²) in [6.07, 6.45) is 9.23. The third-order valence-electron chi connectivity index (χ3n) is 6.25. The zero-order chi connectivity index (χ0) is 20.9. The van der Waals surface area contributed by atoms with Crippen LogP contribution >= 0.6 is 0 Å². The number of carbonyl (C=O) groups is 2. The molecule has 0 bridgehead atoms. The predicted molar refractivity (Wildman–Crippen MR) is 109 cm³/mol. The van der Waals surface area contributed by atoms with E-state index in [9.17, 15) is 9.59 Å². The highest BCUT2D eigenvalue weighted by molar-refractivity contribution is 5.76. The van der Waals surface area contributed by atoms with Gasteiger partial charge in [0.1, 0.15) is 5.54 Å². The Hall–Kier alpha value is -1.96. The zero-order valence-electron chi connectivity index (χ0n) is 18.0. The molecule has 3 rings (SSSR count). The second kappa shape index (κ2) is 9.69. The first kappa shape index (κ1) is 21.7. The maximum absolute atomic E-state index is 12.2. The van der Waals surface area contributed by atoms with Gasteiger partial charge in [0, 0.05) is 38.4 Å². The van der Waals surface area contributed by atoms with Crippen molar-refractivity contribution in [3.63, 3.8) is 0 Å². The van der Waals surface area contributed by atoms with Crippen molar-refractivity contribution in [2.45, 2.75) is 95.7 Å². The highest BCUT2D eigenvalue weighted by Crippen LogP contribution is 2.34. The van der Waals surface area contributed by atoms with Crippen LogP contribution in [0.1, 0.15) is 83.3 Å². The molecule has 1 aromatic heterocycles. The molecule has 162 valence electrons. The van der Waals surface area contributed by atoms with Crippen molar-refractivity contribution in [3.8, 4) is 0 Å². The lowest BCUT2D eigenvalue weighted by Gasteiger charge is -2.30. The first-order valence-electron chi connectivity index (χ1n) is 11.0. The van der Waals surface area contributed by atoms with Crippen LogP contribution in [-0.2, 0) is 21.5 Å². The Kier molecular flexibility index (Phi) is 7.27. The molecule has 0 saturated heterocycles. The van der Waals surface area contributed by atoms with Crippen LogP contribution in [-0.4, -0.2) is 52.5 Å². The van der Waals surface area contributed by atoms with Crippen molar-refractivity contribution >= 4 is 11.8 Å². The summed E-state index contributed by atoms with van der Waals surface area (Å²) in [5.41, 5.74) is -0.546. The predicted octanol–water partition coefficient (Wildman–Crippen LogP) is 2.29. The summed E-state index contributed by atoms with van der Waals surface area (Å²) in [6, 6.07) is 1.01. The Morgan fingerprint density at radius 2 is 1.93 bits per heavy atom. The highest BCUT2D eigenvalue weighted by atomic mass is 16.5. The molecule has 2 aliphatic carbocycles. The molecule has 0 spiro atoms. The quantitative estimate of drug-likeness (QED) is 0.612. The first-order chi connectivity index (χ1) is 13.9. The fraction of sp³-hybridized carbons (Fsp3) is 0.810. The van der Waals surface area contributed by atoms with Gasteiger partial charge in [-0.1, -0.05) is 30.8 Å². The molecule has 1 unspecified atom stereocenters. The molecule has 0 aliphatic heterocycles. The fourth-order valence-electron chi connectivity index (χ4n) is 4.18. The molecule has 8 nitrogen and oxygen atoms in total. The summed E-state index contributed by atoms with van der Waals surface area (Å²) < 4.78 is 5.42. The van der Waals surface area contributed by atoms with Crippen molar-refractivity contribution in [1.29, 1.82) is 0 Å². The Morgan fingerprint density at radius 1 is 1.24 bits per heavy atom. The Labute approximate surface area is 173 Å². The average Bonchev–Trinajstić information content (AvgIpc) is 3.47. The molecule has 0 radical (unpaired) electrons. The number of nitrogens with one attached hydrogen (secondary N) is 2. The van der Waals surface area contributed by atoms with Crippen LogP contribution in [0.2, 0.25) is 0 Å². The number of hydrogen-bond donors (Lipinski definition) is 2. The van der Waals surface area contributed by atoms with Crippen LogP contribution in [0.5, 0.6) is 0 Å². The molecule has 2 aliphatic rings. The van der Waals surface area contributed by atoms with Gasteiger partial charge < -0.3 is 15.2 Å². The van der Waals surface area contributed by atoms with E-state index in [0.717, 1.165) is 38.5 Å². The minimum atomic E-state index is -0.546. The van der Waals surface area contributed by atoms with E-state index in [1.54, 1.807) is 0 Å². The molecule has 8 heteroatoms. The molecule has 1 atom stereocenters. The topological polar surface area (TPSA) is 100 Å². The van der Waals surface area contributed by atoms with Crippen molar-refractivity contribution in [1.82, 2.24) is 25.7 Å². The highest BCUT2D eigenvalue weighted by Gasteiger charge is 2.38. The van der Waals surface area contributed by atoms with Gasteiger partial charge in [0.25, 0.3) is 0 Å². The van der Waals surface area contributed by atoms with Crippen molar-refractivity contribution in [2.75, 3.05) is 13.6 Å². The van der Waals surface area contributed by atoms with Crippen LogP contribution in [0.15, 0.2) is 4.52 Å². The van der Waals surface area contributed by atoms with Crippen LogP contribution in [0.3, 0.4) is 0 Å². The standard InChI is InChI=1S/C21H35N5O3/c1-15(26(3)17-8-9-17)14-22-18(28)10-11-19-23-20(25-29-19)21(24-16(2)27)12-6-4-5-7-13-21/h15,17H,4-14H2,1-3H3,(H,22,28)(H,24,27). The summed E-state index contributed by atoms with van der Waals surface area (Å²) in [4.78, 5) is 30.9. The molecule has 2 amide bonds. The van der Waals surface area contributed by atoms with Gasteiger partial charge in [-0.15, -0.1) is 0 Å². The van der Waals surface area contributed by atoms with Gasteiger partial charge in [0.15, 0.2) is 5.82 Å². The SMILES string of the molecule is CC(=O)NC1(c2noc(CCC(=O)NCC(C)N(C)C3CC3)n2)CCCCCC1. The Balaban J connectivity index is 1.51. The molecular weight excluding hydrogens is 370 g/mol. The van der Waals surface area contributed by atoms with Crippen molar-refractivity contribution in [3.05, 3.63) is 11.7 Å². The third-order valence-corrected chi connectivity index (χ3v) is 6.25. The fourth-order valence-corrected chi connectivity index (χ4v) is 4.18. The van der Waals surface area contributed by atoms with Gasteiger partial charge in [-0.05, 0) is 39.7 Å². The number of carbonyl (C=O) groups excluding carboxylic acids is 2. The number of aromatic nitrogens is 2. The van der Waals surface area contributed by atoms with E-state index in [1.807, 2.05) is 0 Å². The lowest BCUT2D eigenvalue weighted by Crippen LogP contribution is -2.45. The van der Waals surface area contributed by atoms with Crippen LogP contribution in [0.25, 0.3) is 0 Å². The van der Waals surface area contributed by atoms with Crippen molar-refractivity contribution < 1.29 is 14.1 Å².